The molecule has 1 unspecified atom stereocenters. The van der Waals surface area contributed by atoms with Gasteiger partial charge in [0.05, 0.1) is 0 Å². The Morgan fingerprint density at radius 1 is 1.54 bits per heavy atom. The molecule has 0 radical (unpaired) electrons. The number of allylic oxidation sites excluding steroid dienone is 1. The summed E-state index contributed by atoms with van der Waals surface area (Å²) in [6, 6.07) is 0.638. The molecule has 1 aliphatic carbocycles. The van der Waals surface area contributed by atoms with E-state index in [0.717, 1.165) is 19.6 Å². The number of nitrogens with one attached hydrogen (secondary N) is 1. The van der Waals surface area contributed by atoms with E-state index in [1.54, 1.807) is 0 Å². The van der Waals surface area contributed by atoms with Gasteiger partial charge in [0.2, 0.25) is 0 Å². The fourth-order valence-corrected chi connectivity index (χ4v) is 1.58. The maximum absolute atomic E-state index is 3.56. The minimum atomic E-state index is 0.638. The molecule has 0 spiro atoms. The minimum Gasteiger partial charge on any atom is -0.309 e. The summed E-state index contributed by atoms with van der Waals surface area (Å²) in [4.78, 5) is 2.33. The summed E-state index contributed by atoms with van der Waals surface area (Å²) in [5.41, 5.74) is 0. The number of likely N-dealkylation sites (N-methyl/N-ethyl adjacent to an activating group) is 1. The summed E-state index contributed by atoms with van der Waals surface area (Å²) in [5, 5.41) is 3.56. The van der Waals surface area contributed by atoms with E-state index in [0.29, 0.717) is 6.04 Å². The average Bonchev–Trinajstić information content (AvgIpc) is 2.19. The van der Waals surface area contributed by atoms with Crippen LogP contribution in [-0.2, 0) is 0 Å². The summed E-state index contributed by atoms with van der Waals surface area (Å²) in [7, 11) is 2.17. The van der Waals surface area contributed by atoms with Gasteiger partial charge in [-0.3, -0.25) is 0 Å². The van der Waals surface area contributed by atoms with Gasteiger partial charge in [0.15, 0.2) is 0 Å². The van der Waals surface area contributed by atoms with Crippen LogP contribution in [-0.4, -0.2) is 37.6 Å². The van der Waals surface area contributed by atoms with Crippen molar-refractivity contribution >= 4 is 0 Å². The molecule has 0 saturated carbocycles. The maximum atomic E-state index is 3.56. The van der Waals surface area contributed by atoms with Crippen LogP contribution in [0, 0.1) is 0 Å². The van der Waals surface area contributed by atoms with Crippen molar-refractivity contribution in [2.24, 2.45) is 0 Å². The van der Waals surface area contributed by atoms with Crippen molar-refractivity contribution in [2.75, 3.05) is 26.7 Å². The Hall–Kier alpha value is -0.340. The first-order valence-corrected chi connectivity index (χ1v) is 5.41. The zero-order valence-electron chi connectivity index (χ0n) is 8.92. The SMILES string of the molecule is CCN(C)CCNC1C=CCCC1. The van der Waals surface area contributed by atoms with Crippen LogP contribution in [0.5, 0.6) is 0 Å². The van der Waals surface area contributed by atoms with Gasteiger partial charge in [0.1, 0.15) is 0 Å². The van der Waals surface area contributed by atoms with E-state index < -0.39 is 0 Å². The Labute approximate surface area is 82.0 Å². The molecule has 1 aliphatic rings. The standard InChI is InChI=1S/C11H22N2/c1-3-13(2)10-9-12-11-7-5-4-6-8-11/h5,7,11-12H,3-4,6,8-10H2,1-2H3. The first-order valence-electron chi connectivity index (χ1n) is 5.41. The lowest BCUT2D eigenvalue weighted by atomic mass is 10.0. The first-order chi connectivity index (χ1) is 6.33. The Morgan fingerprint density at radius 3 is 3.00 bits per heavy atom. The van der Waals surface area contributed by atoms with Gasteiger partial charge in [0.25, 0.3) is 0 Å². The lowest BCUT2D eigenvalue weighted by molar-refractivity contribution is 0.341. The van der Waals surface area contributed by atoms with E-state index in [1.807, 2.05) is 0 Å². The molecule has 0 fully saturated rings. The van der Waals surface area contributed by atoms with Gasteiger partial charge in [0, 0.05) is 19.1 Å². The van der Waals surface area contributed by atoms with E-state index in [-0.39, 0.29) is 0 Å². The van der Waals surface area contributed by atoms with E-state index in [2.05, 4.69) is 36.3 Å². The average molecular weight is 182 g/mol. The van der Waals surface area contributed by atoms with Crippen molar-refractivity contribution in [1.29, 1.82) is 0 Å². The number of rotatable bonds is 5. The van der Waals surface area contributed by atoms with Crippen LogP contribution in [0.1, 0.15) is 26.2 Å². The van der Waals surface area contributed by atoms with Gasteiger partial charge in [-0.1, -0.05) is 19.1 Å². The molecule has 1 rings (SSSR count). The van der Waals surface area contributed by atoms with E-state index >= 15 is 0 Å². The van der Waals surface area contributed by atoms with E-state index in [1.165, 1.54) is 19.3 Å². The first kappa shape index (κ1) is 10.7. The second-order valence-corrected chi connectivity index (χ2v) is 3.82. The highest BCUT2D eigenvalue weighted by molar-refractivity contribution is 4.97. The predicted molar refractivity (Wildman–Crippen MR) is 58.0 cm³/mol. The normalized spacial score (nSPS) is 22.5. The maximum Gasteiger partial charge on any atom is 0.0250 e. The third-order valence-electron chi connectivity index (χ3n) is 2.69. The Kier molecular flexibility index (Phi) is 5.09. The summed E-state index contributed by atoms with van der Waals surface area (Å²) in [5.74, 6) is 0. The number of hydrogen-bond acceptors (Lipinski definition) is 2. The molecule has 1 N–H and O–H groups in total. The summed E-state index contributed by atoms with van der Waals surface area (Å²) in [6.07, 6.45) is 8.54. The van der Waals surface area contributed by atoms with Crippen molar-refractivity contribution in [3.8, 4) is 0 Å². The molecule has 76 valence electrons. The Balaban J connectivity index is 2.04. The van der Waals surface area contributed by atoms with Crippen LogP contribution < -0.4 is 5.32 Å². The largest absolute Gasteiger partial charge is 0.309 e. The molecule has 0 heterocycles. The third kappa shape index (κ3) is 4.44. The smallest absolute Gasteiger partial charge is 0.0250 e. The molecule has 0 saturated heterocycles. The monoisotopic (exact) mass is 182 g/mol. The van der Waals surface area contributed by atoms with Crippen LogP contribution in [0.3, 0.4) is 0 Å². The Morgan fingerprint density at radius 2 is 2.38 bits per heavy atom. The van der Waals surface area contributed by atoms with Crippen LogP contribution in [0.2, 0.25) is 0 Å². The molecule has 2 heteroatoms. The quantitative estimate of drug-likeness (QED) is 0.650. The summed E-state index contributed by atoms with van der Waals surface area (Å²) >= 11 is 0. The lowest BCUT2D eigenvalue weighted by Gasteiger charge is -2.20. The molecule has 0 bridgehead atoms. The molecule has 2 nitrogen and oxygen atoms in total. The number of hydrogen-bond donors (Lipinski definition) is 1. The molecule has 0 aromatic carbocycles. The third-order valence-corrected chi connectivity index (χ3v) is 2.69. The molecule has 0 aromatic heterocycles. The van der Waals surface area contributed by atoms with Crippen molar-refractivity contribution in [3.63, 3.8) is 0 Å². The zero-order valence-corrected chi connectivity index (χ0v) is 8.92. The van der Waals surface area contributed by atoms with Crippen molar-refractivity contribution < 1.29 is 0 Å². The molecule has 0 amide bonds. The molecule has 1 atom stereocenters. The molecule has 0 aromatic rings. The highest BCUT2D eigenvalue weighted by atomic mass is 15.1. The van der Waals surface area contributed by atoms with Crippen molar-refractivity contribution in [1.82, 2.24) is 10.2 Å². The minimum absolute atomic E-state index is 0.638. The Bertz CT molecular complexity index is 154. The molecular weight excluding hydrogens is 160 g/mol. The highest BCUT2D eigenvalue weighted by Crippen LogP contribution is 2.09. The van der Waals surface area contributed by atoms with E-state index in [4.69, 9.17) is 0 Å². The van der Waals surface area contributed by atoms with Gasteiger partial charge < -0.3 is 10.2 Å². The zero-order chi connectivity index (χ0) is 9.52. The summed E-state index contributed by atoms with van der Waals surface area (Å²) in [6.45, 7) is 5.60. The molecule has 0 aliphatic heterocycles. The van der Waals surface area contributed by atoms with Gasteiger partial charge in [-0.25, -0.2) is 0 Å². The van der Waals surface area contributed by atoms with Crippen LogP contribution in [0.25, 0.3) is 0 Å². The van der Waals surface area contributed by atoms with Crippen LogP contribution in [0.4, 0.5) is 0 Å². The highest BCUT2D eigenvalue weighted by Gasteiger charge is 2.06. The van der Waals surface area contributed by atoms with Crippen molar-refractivity contribution in [2.45, 2.75) is 32.2 Å². The van der Waals surface area contributed by atoms with E-state index in [9.17, 15) is 0 Å². The fourth-order valence-electron chi connectivity index (χ4n) is 1.58. The summed E-state index contributed by atoms with van der Waals surface area (Å²) < 4.78 is 0. The molecular formula is C11H22N2. The van der Waals surface area contributed by atoms with Gasteiger partial charge >= 0.3 is 0 Å². The fraction of sp³-hybridized carbons (Fsp3) is 0.818. The topological polar surface area (TPSA) is 15.3 Å². The predicted octanol–water partition coefficient (Wildman–Crippen LogP) is 1.64. The van der Waals surface area contributed by atoms with Gasteiger partial charge in [-0.05, 0) is 32.9 Å². The second kappa shape index (κ2) is 6.17. The van der Waals surface area contributed by atoms with Crippen molar-refractivity contribution in [3.05, 3.63) is 12.2 Å². The van der Waals surface area contributed by atoms with Gasteiger partial charge in [-0.15, -0.1) is 0 Å². The number of nitrogens with zero attached hydrogens (tertiary/aromatic N) is 1. The van der Waals surface area contributed by atoms with Crippen LogP contribution in [0.15, 0.2) is 12.2 Å². The molecule has 13 heavy (non-hydrogen) atoms. The second-order valence-electron chi connectivity index (χ2n) is 3.82. The lowest BCUT2D eigenvalue weighted by Crippen LogP contribution is -2.35. The van der Waals surface area contributed by atoms with Crippen LogP contribution >= 0.6 is 0 Å². The van der Waals surface area contributed by atoms with Gasteiger partial charge in [-0.2, -0.15) is 0 Å².